The summed E-state index contributed by atoms with van der Waals surface area (Å²) >= 11 is 0. The van der Waals surface area contributed by atoms with Gasteiger partial charge in [-0.2, -0.15) is 0 Å². The summed E-state index contributed by atoms with van der Waals surface area (Å²) in [6, 6.07) is 6.92. The van der Waals surface area contributed by atoms with Gasteiger partial charge in [0.15, 0.2) is 12.4 Å². The Labute approximate surface area is 113 Å². The second-order valence-corrected chi connectivity index (χ2v) is 4.14. The van der Waals surface area contributed by atoms with Gasteiger partial charge in [0.2, 0.25) is 0 Å². The van der Waals surface area contributed by atoms with E-state index in [0.29, 0.717) is 24.3 Å². The highest BCUT2D eigenvalue weighted by molar-refractivity contribution is 5.98. The van der Waals surface area contributed by atoms with E-state index in [4.69, 9.17) is 9.47 Å². The lowest BCUT2D eigenvalue weighted by Gasteiger charge is -2.10. The van der Waals surface area contributed by atoms with Crippen LogP contribution in [0.15, 0.2) is 24.3 Å². The second-order valence-electron chi connectivity index (χ2n) is 4.14. The smallest absolute Gasteiger partial charge is 0.344 e. The molecular weight excluding hydrogens is 244 g/mol. The molecule has 0 heterocycles. The van der Waals surface area contributed by atoms with Gasteiger partial charge in [0, 0.05) is 6.42 Å². The van der Waals surface area contributed by atoms with Crippen LogP contribution in [0.3, 0.4) is 0 Å². The number of carbonyl (C=O) groups is 2. The predicted octanol–water partition coefficient (Wildman–Crippen LogP) is 3.00. The van der Waals surface area contributed by atoms with Crippen LogP contribution in [0.5, 0.6) is 5.75 Å². The first-order chi connectivity index (χ1) is 9.19. The minimum Gasteiger partial charge on any atom is -0.481 e. The fraction of sp³-hybridized carbons (Fsp3) is 0.467. The lowest BCUT2D eigenvalue weighted by Crippen LogP contribution is -2.16. The topological polar surface area (TPSA) is 52.6 Å². The van der Waals surface area contributed by atoms with Gasteiger partial charge in [0.1, 0.15) is 5.75 Å². The van der Waals surface area contributed by atoms with Gasteiger partial charge in [-0.25, -0.2) is 4.79 Å². The fourth-order valence-corrected chi connectivity index (χ4v) is 1.52. The van der Waals surface area contributed by atoms with Gasteiger partial charge in [-0.05, 0) is 18.6 Å². The quantitative estimate of drug-likeness (QED) is 0.411. The van der Waals surface area contributed by atoms with Gasteiger partial charge in [-0.1, -0.05) is 32.4 Å². The molecule has 4 heteroatoms. The van der Waals surface area contributed by atoms with Gasteiger partial charge in [-0.3, -0.25) is 4.79 Å². The number of carbonyl (C=O) groups excluding carboxylic acids is 2. The molecule has 0 fully saturated rings. The van der Waals surface area contributed by atoms with Crippen LogP contribution in [0.1, 0.15) is 43.5 Å². The van der Waals surface area contributed by atoms with Crippen LogP contribution >= 0.6 is 0 Å². The van der Waals surface area contributed by atoms with Gasteiger partial charge in [0.25, 0.3) is 0 Å². The predicted molar refractivity (Wildman–Crippen MR) is 72.4 cm³/mol. The van der Waals surface area contributed by atoms with Crippen molar-refractivity contribution in [2.45, 2.75) is 33.1 Å². The maximum atomic E-state index is 11.7. The maximum absolute atomic E-state index is 11.7. The van der Waals surface area contributed by atoms with Crippen LogP contribution in [-0.2, 0) is 9.53 Å². The maximum Gasteiger partial charge on any atom is 0.344 e. The molecule has 1 aromatic rings. The summed E-state index contributed by atoms with van der Waals surface area (Å²) in [5, 5.41) is 0. The lowest BCUT2D eigenvalue weighted by molar-refractivity contribution is -0.146. The number of benzene rings is 1. The molecule has 1 rings (SSSR count). The monoisotopic (exact) mass is 264 g/mol. The zero-order valence-electron chi connectivity index (χ0n) is 11.5. The van der Waals surface area contributed by atoms with Crippen molar-refractivity contribution in [3.8, 4) is 5.75 Å². The average Bonchev–Trinajstić information content (AvgIpc) is 2.45. The first-order valence-electron chi connectivity index (χ1n) is 6.59. The molecule has 1 aromatic carbocycles. The summed E-state index contributed by atoms with van der Waals surface area (Å²) in [5.74, 6) is 0.0175. The third kappa shape index (κ3) is 5.12. The van der Waals surface area contributed by atoms with Crippen molar-refractivity contribution in [1.82, 2.24) is 0 Å². The Kier molecular flexibility index (Phi) is 6.64. The first-order valence-corrected chi connectivity index (χ1v) is 6.59. The largest absolute Gasteiger partial charge is 0.481 e. The Morgan fingerprint density at radius 2 is 1.89 bits per heavy atom. The van der Waals surface area contributed by atoms with E-state index in [9.17, 15) is 9.59 Å². The molecule has 0 N–H and O–H groups in total. The molecule has 0 amide bonds. The van der Waals surface area contributed by atoms with E-state index in [1.807, 2.05) is 6.92 Å². The summed E-state index contributed by atoms with van der Waals surface area (Å²) in [4.78, 5) is 23.1. The summed E-state index contributed by atoms with van der Waals surface area (Å²) in [5.41, 5.74) is 0.506. The lowest BCUT2D eigenvalue weighted by atomic mass is 10.1. The highest BCUT2D eigenvalue weighted by Gasteiger charge is 2.11. The highest BCUT2D eigenvalue weighted by atomic mass is 16.6. The SMILES string of the molecule is CCCCOC(=O)COc1ccccc1C(=O)CC. The first kappa shape index (κ1) is 15.2. The molecule has 0 saturated carbocycles. The Morgan fingerprint density at radius 3 is 2.58 bits per heavy atom. The Bertz CT molecular complexity index is 426. The number of esters is 1. The molecular formula is C15H20O4. The summed E-state index contributed by atoms with van der Waals surface area (Å²) in [6.45, 7) is 4.06. The highest BCUT2D eigenvalue weighted by Crippen LogP contribution is 2.19. The normalized spacial score (nSPS) is 10.0. The number of hydrogen-bond acceptors (Lipinski definition) is 4. The molecule has 0 aliphatic heterocycles. The van der Waals surface area contributed by atoms with E-state index >= 15 is 0 Å². The van der Waals surface area contributed by atoms with Gasteiger partial charge >= 0.3 is 5.97 Å². The standard InChI is InChI=1S/C15H20O4/c1-3-5-10-18-15(17)11-19-14-9-7-6-8-12(14)13(16)4-2/h6-9H,3-5,10-11H2,1-2H3. The molecule has 0 unspecified atom stereocenters. The van der Waals surface area contributed by atoms with E-state index in [1.54, 1.807) is 31.2 Å². The van der Waals surface area contributed by atoms with Crippen molar-refractivity contribution < 1.29 is 19.1 Å². The molecule has 0 aliphatic rings. The molecule has 19 heavy (non-hydrogen) atoms. The van der Waals surface area contributed by atoms with E-state index in [1.165, 1.54) is 0 Å². The van der Waals surface area contributed by atoms with Crippen LogP contribution in [0.25, 0.3) is 0 Å². The molecule has 0 spiro atoms. The molecule has 0 saturated heterocycles. The number of para-hydroxylation sites is 1. The van der Waals surface area contributed by atoms with Gasteiger partial charge in [0.05, 0.1) is 12.2 Å². The Balaban J connectivity index is 2.53. The zero-order chi connectivity index (χ0) is 14.1. The second kappa shape index (κ2) is 8.29. The molecule has 0 aliphatic carbocycles. The average molecular weight is 264 g/mol. The zero-order valence-corrected chi connectivity index (χ0v) is 11.5. The van der Waals surface area contributed by atoms with E-state index in [-0.39, 0.29) is 12.4 Å². The fourth-order valence-electron chi connectivity index (χ4n) is 1.52. The summed E-state index contributed by atoms with van der Waals surface area (Å²) in [7, 11) is 0. The molecule has 0 atom stereocenters. The number of ether oxygens (including phenoxy) is 2. The van der Waals surface area contributed by atoms with Crippen molar-refractivity contribution in [3.63, 3.8) is 0 Å². The number of Topliss-reactive ketones (excluding diaryl/α,β-unsaturated/α-hetero) is 1. The van der Waals surface area contributed by atoms with Crippen molar-refractivity contribution >= 4 is 11.8 Å². The van der Waals surface area contributed by atoms with Crippen LogP contribution in [0.4, 0.5) is 0 Å². The number of unbranched alkanes of at least 4 members (excludes halogenated alkanes) is 1. The van der Waals surface area contributed by atoms with E-state index < -0.39 is 5.97 Å². The van der Waals surface area contributed by atoms with E-state index in [2.05, 4.69) is 0 Å². The van der Waals surface area contributed by atoms with Gasteiger partial charge in [-0.15, -0.1) is 0 Å². The molecule has 0 aromatic heterocycles. The third-order valence-electron chi connectivity index (χ3n) is 2.62. The van der Waals surface area contributed by atoms with E-state index in [0.717, 1.165) is 12.8 Å². The summed E-state index contributed by atoms with van der Waals surface area (Å²) < 4.78 is 10.3. The minimum atomic E-state index is -0.410. The molecule has 104 valence electrons. The van der Waals surface area contributed by atoms with Crippen LogP contribution in [0, 0.1) is 0 Å². The van der Waals surface area contributed by atoms with Crippen molar-refractivity contribution in [2.75, 3.05) is 13.2 Å². The van der Waals surface area contributed by atoms with Crippen LogP contribution in [-0.4, -0.2) is 25.0 Å². The number of hydrogen-bond donors (Lipinski definition) is 0. The number of ketones is 1. The third-order valence-corrected chi connectivity index (χ3v) is 2.62. The summed E-state index contributed by atoms with van der Waals surface area (Å²) in [6.07, 6.45) is 2.22. The van der Waals surface area contributed by atoms with Crippen LogP contribution in [0.2, 0.25) is 0 Å². The van der Waals surface area contributed by atoms with Crippen molar-refractivity contribution in [3.05, 3.63) is 29.8 Å². The molecule has 4 nitrogen and oxygen atoms in total. The minimum absolute atomic E-state index is 0.00468. The van der Waals surface area contributed by atoms with Crippen LogP contribution < -0.4 is 4.74 Å². The Morgan fingerprint density at radius 1 is 1.16 bits per heavy atom. The number of rotatable bonds is 8. The van der Waals surface area contributed by atoms with Crippen molar-refractivity contribution in [2.24, 2.45) is 0 Å². The van der Waals surface area contributed by atoms with Gasteiger partial charge < -0.3 is 9.47 Å². The Hall–Kier alpha value is -1.84. The molecule has 0 radical (unpaired) electrons. The molecule has 0 bridgehead atoms. The van der Waals surface area contributed by atoms with Crippen molar-refractivity contribution in [1.29, 1.82) is 0 Å².